The number of nitrogens with zero attached hydrogens (tertiary/aromatic N) is 4. The molecule has 7 aromatic carbocycles. The SMILES string of the molecule is c1ccc(-c2nc(-c3ccccc3)nc(-c3cccc(-c4cccc(-c5ccc6c(c5)c5cccc7c5n6-c5ccccc5O7)c4)c3)n2)cc1. The van der Waals surface area contributed by atoms with E-state index in [1.54, 1.807) is 0 Å². The van der Waals surface area contributed by atoms with E-state index in [1.165, 1.54) is 10.8 Å². The third-order valence-corrected chi connectivity index (χ3v) is 9.43. The van der Waals surface area contributed by atoms with Crippen LogP contribution in [0.1, 0.15) is 0 Å². The average Bonchev–Trinajstić information content (AvgIpc) is 3.54. The van der Waals surface area contributed by atoms with Crippen molar-refractivity contribution in [3.63, 3.8) is 0 Å². The van der Waals surface area contributed by atoms with Crippen molar-refractivity contribution in [2.75, 3.05) is 0 Å². The lowest BCUT2D eigenvalue weighted by Crippen LogP contribution is -2.03. The molecule has 5 heteroatoms. The van der Waals surface area contributed by atoms with Crippen LogP contribution in [0, 0.1) is 0 Å². The number of fused-ring (bicyclic) bond motifs is 5. The number of para-hydroxylation sites is 3. The van der Waals surface area contributed by atoms with Crippen LogP contribution in [0.3, 0.4) is 0 Å². The highest BCUT2D eigenvalue weighted by molar-refractivity contribution is 6.13. The van der Waals surface area contributed by atoms with Crippen LogP contribution in [0.4, 0.5) is 0 Å². The molecule has 50 heavy (non-hydrogen) atoms. The van der Waals surface area contributed by atoms with Gasteiger partial charge in [0.1, 0.15) is 0 Å². The molecule has 1 aliphatic rings. The summed E-state index contributed by atoms with van der Waals surface area (Å²) in [5.41, 5.74) is 10.7. The second-order valence-electron chi connectivity index (χ2n) is 12.5. The third-order valence-electron chi connectivity index (χ3n) is 9.43. The van der Waals surface area contributed by atoms with Gasteiger partial charge in [-0.25, -0.2) is 15.0 Å². The minimum absolute atomic E-state index is 0.639. The van der Waals surface area contributed by atoms with E-state index < -0.39 is 0 Å². The fourth-order valence-electron chi connectivity index (χ4n) is 7.05. The Hall–Kier alpha value is -6.85. The molecule has 0 atom stereocenters. The Morgan fingerprint density at radius 1 is 0.360 bits per heavy atom. The Morgan fingerprint density at radius 3 is 1.54 bits per heavy atom. The van der Waals surface area contributed by atoms with Gasteiger partial charge >= 0.3 is 0 Å². The molecule has 0 radical (unpaired) electrons. The molecule has 9 aromatic rings. The molecule has 0 fully saturated rings. The summed E-state index contributed by atoms with van der Waals surface area (Å²) in [5, 5.41) is 2.38. The molecule has 0 aliphatic carbocycles. The molecule has 10 rings (SSSR count). The monoisotopic (exact) mass is 640 g/mol. The Bertz CT molecular complexity index is 2680. The second-order valence-corrected chi connectivity index (χ2v) is 12.5. The quantitative estimate of drug-likeness (QED) is 0.188. The lowest BCUT2D eigenvalue weighted by molar-refractivity contribution is 0.476. The summed E-state index contributed by atoms with van der Waals surface area (Å²) in [6.45, 7) is 0. The maximum Gasteiger partial charge on any atom is 0.164 e. The summed E-state index contributed by atoms with van der Waals surface area (Å²) in [5.74, 6) is 3.69. The first-order valence-electron chi connectivity index (χ1n) is 16.7. The second kappa shape index (κ2) is 11.4. The van der Waals surface area contributed by atoms with Crippen molar-refractivity contribution in [3.05, 3.63) is 170 Å². The molecule has 2 aromatic heterocycles. The van der Waals surface area contributed by atoms with E-state index in [0.29, 0.717) is 17.5 Å². The predicted molar refractivity (Wildman–Crippen MR) is 201 cm³/mol. The first kappa shape index (κ1) is 28.2. The van der Waals surface area contributed by atoms with E-state index in [0.717, 1.165) is 67.2 Å². The van der Waals surface area contributed by atoms with Crippen LogP contribution < -0.4 is 4.74 Å². The summed E-state index contributed by atoms with van der Waals surface area (Å²) in [6, 6.07) is 58.7. The zero-order valence-electron chi connectivity index (χ0n) is 26.9. The van der Waals surface area contributed by atoms with Crippen LogP contribution in [-0.2, 0) is 0 Å². The molecular formula is C45H28N4O. The van der Waals surface area contributed by atoms with E-state index in [4.69, 9.17) is 19.7 Å². The van der Waals surface area contributed by atoms with Gasteiger partial charge in [-0.3, -0.25) is 0 Å². The van der Waals surface area contributed by atoms with Crippen molar-refractivity contribution in [2.24, 2.45) is 0 Å². The van der Waals surface area contributed by atoms with Crippen LogP contribution in [0.15, 0.2) is 170 Å². The van der Waals surface area contributed by atoms with Gasteiger partial charge in [0.05, 0.1) is 16.7 Å². The Morgan fingerprint density at radius 2 is 0.860 bits per heavy atom. The van der Waals surface area contributed by atoms with Gasteiger partial charge in [0.25, 0.3) is 0 Å². The minimum atomic E-state index is 0.639. The van der Waals surface area contributed by atoms with Crippen LogP contribution >= 0.6 is 0 Å². The van der Waals surface area contributed by atoms with Gasteiger partial charge in [-0.05, 0) is 64.7 Å². The van der Waals surface area contributed by atoms with Gasteiger partial charge in [0.15, 0.2) is 29.0 Å². The standard InChI is InChI=1S/C45H28N4O/c1-3-12-29(13-4-1)43-46-44(30-14-5-2-6-15-30)48-45(47-43)35-19-10-18-33(27-35)31-16-9-17-32(26-31)34-24-25-38-37(28-34)36-20-11-23-41-42(36)49(38)39-21-7-8-22-40(39)50-41/h1-28H. The smallest absolute Gasteiger partial charge is 0.164 e. The average molecular weight is 641 g/mol. The lowest BCUT2D eigenvalue weighted by atomic mass is 9.97. The highest BCUT2D eigenvalue weighted by atomic mass is 16.5. The van der Waals surface area contributed by atoms with Crippen molar-refractivity contribution < 1.29 is 4.74 Å². The lowest BCUT2D eigenvalue weighted by Gasteiger charge is -2.20. The van der Waals surface area contributed by atoms with Gasteiger partial charge in [0.2, 0.25) is 0 Å². The molecule has 0 unspecified atom stereocenters. The number of hydrogen-bond acceptors (Lipinski definition) is 4. The van der Waals surface area contributed by atoms with Crippen molar-refractivity contribution in [2.45, 2.75) is 0 Å². The van der Waals surface area contributed by atoms with Crippen molar-refractivity contribution in [1.29, 1.82) is 0 Å². The number of hydrogen-bond donors (Lipinski definition) is 0. The van der Waals surface area contributed by atoms with Crippen LogP contribution in [0.2, 0.25) is 0 Å². The van der Waals surface area contributed by atoms with Gasteiger partial charge in [-0.15, -0.1) is 0 Å². The van der Waals surface area contributed by atoms with E-state index >= 15 is 0 Å². The molecular weight excluding hydrogens is 613 g/mol. The van der Waals surface area contributed by atoms with E-state index in [-0.39, 0.29) is 0 Å². The first-order valence-corrected chi connectivity index (χ1v) is 16.7. The summed E-state index contributed by atoms with van der Waals surface area (Å²) in [7, 11) is 0. The fraction of sp³-hybridized carbons (Fsp3) is 0. The van der Waals surface area contributed by atoms with Crippen molar-refractivity contribution >= 4 is 21.8 Å². The van der Waals surface area contributed by atoms with Crippen LogP contribution in [0.25, 0.3) is 83.9 Å². The molecule has 1 aliphatic heterocycles. The Kier molecular flexibility index (Phi) is 6.42. The fourth-order valence-corrected chi connectivity index (χ4v) is 7.05. The molecule has 0 bridgehead atoms. The van der Waals surface area contributed by atoms with Gasteiger partial charge < -0.3 is 9.30 Å². The predicted octanol–water partition coefficient (Wildman–Crippen LogP) is 11.4. The minimum Gasteiger partial charge on any atom is -0.453 e. The topological polar surface area (TPSA) is 52.8 Å². The maximum absolute atomic E-state index is 6.32. The molecule has 0 saturated heterocycles. The summed E-state index contributed by atoms with van der Waals surface area (Å²) < 4.78 is 8.66. The Balaban J connectivity index is 1.06. The summed E-state index contributed by atoms with van der Waals surface area (Å²) in [6.07, 6.45) is 0. The third kappa shape index (κ3) is 4.67. The number of aromatic nitrogens is 4. The normalized spacial score (nSPS) is 11.8. The molecule has 5 nitrogen and oxygen atoms in total. The van der Waals surface area contributed by atoms with E-state index in [1.807, 2.05) is 78.9 Å². The number of rotatable bonds is 5. The largest absolute Gasteiger partial charge is 0.453 e. The highest BCUT2D eigenvalue weighted by Crippen LogP contribution is 2.46. The van der Waals surface area contributed by atoms with Gasteiger partial charge in [0, 0.05) is 27.5 Å². The van der Waals surface area contributed by atoms with Gasteiger partial charge in [-0.2, -0.15) is 0 Å². The molecule has 3 heterocycles. The highest BCUT2D eigenvalue weighted by Gasteiger charge is 2.23. The molecule has 0 amide bonds. The number of ether oxygens (including phenoxy) is 1. The zero-order chi connectivity index (χ0) is 33.0. The van der Waals surface area contributed by atoms with Crippen LogP contribution in [-0.4, -0.2) is 19.5 Å². The molecule has 0 saturated carbocycles. The summed E-state index contributed by atoms with van der Waals surface area (Å²) in [4.78, 5) is 14.8. The van der Waals surface area contributed by atoms with Crippen LogP contribution in [0.5, 0.6) is 11.5 Å². The van der Waals surface area contributed by atoms with Crippen molar-refractivity contribution in [1.82, 2.24) is 19.5 Å². The first-order chi connectivity index (χ1) is 24.8. The zero-order valence-corrected chi connectivity index (χ0v) is 26.9. The molecule has 234 valence electrons. The molecule has 0 N–H and O–H groups in total. The number of benzene rings is 7. The Labute approximate surface area is 288 Å². The van der Waals surface area contributed by atoms with E-state index in [2.05, 4.69) is 95.6 Å². The molecule has 0 spiro atoms. The van der Waals surface area contributed by atoms with E-state index in [9.17, 15) is 0 Å². The maximum atomic E-state index is 6.32. The summed E-state index contributed by atoms with van der Waals surface area (Å²) >= 11 is 0. The van der Waals surface area contributed by atoms with Gasteiger partial charge in [-0.1, -0.05) is 127 Å². The van der Waals surface area contributed by atoms with Crippen molar-refractivity contribution in [3.8, 4) is 73.6 Å².